The minimum Gasteiger partial charge on any atom is -0.458 e. The number of phosphoric acid groups is 1. The van der Waals surface area contributed by atoms with E-state index >= 15 is 4.39 Å². The number of hydrogen-bond acceptors (Lipinski definition) is 18. The molecule has 44 heavy (non-hydrogen) atoms. The van der Waals surface area contributed by atoms with Crippen LogP contribution in [0.1, 0.15) is 11.7 Å². The highest BCUT2D eigenvalue weighted by molar-refractivity contribution is 8.08. The van der Waals surface area contributed by atoms with E-state index in [0.717, 1.165) is 25.8 Å². The molecule has 0 aliphatic carbocycles. The van der Waals surface area contributed by atoms with Crippen LogP contribution in [0, 0.1) is 0 Å². The van der Waals surface area contributed by atoms with Crippen LogP contribution in [0.25, 0.3) is 11.1 Å². The van der Waals surface area contributed by atoms with E-state index in [1.54, 1.807) is 0 Å². The average Bonchev–Trinajstić information content (AvgIpc) is 3.49. The summed E-state index contributed by atoms with van der Waals surface area (Å²) in [7, 11) is -4.50. The molecule has 0 bridgehead atoms. The maximum absolute atomic E-state index is 16.2. The Bertz CT molecular complexity index is 1460. The van der Waals surface area contributed by atoms with Gasteiger partial charge in [0.2, 0.25) is 0 Å². The van der Waals surface area contributed by atoms with Crippen molar-refractivity contribution in [3.05, 3.63) is 30.8 Å². The Kier molecular flexibility index (Phi) is 10.3. The van der Waals surface area contributed by atoms with Gasteiger partial charge in [-0.2, -0.15) is 0 Å². The first kappa shape index (κ1) is 35.3. The van der Waals surface area contributed by atoms with Gasteiger partial charge in [-0.15, -0.1) is 6.58 Å². The first-order valence-corrected chi connectivity index (χ1v) is 16.4. The lowest BCUT2D eigenvalue weighted by molar-refractivity contribution is -0.292. The van der Waals surface area contributed by atoms with E-state index in [1.807, 2.05) is 0 Å². The highest BCUT2D eigenvalue weighted by Crippen LogP contribution is 2.62. The molecule has 0 spiro atoms. The molecule has 4 rings (SSSR count). The largest absolute Gasteiger partial charge is 0.481 e. The number of methoxy groups -OCH3 is 1. The molecule has 2 fully saturated rings. The molecule has 12 atom stereocenters. The lowest BCUT2D eigenvalue weighted by atomic mass is 9.86. The second-order valence-corrected chi connectivity index (χ2v) is 14.0. The number of halogens is 1. The fraction of sp³-hybridized carbons (Fsp3) is 0.619. The molecule has 2 aliphatic heterocycles. The number of rotatable bonds is 12. The summed E-state index contributed by atoms with van der Waals surface area (Å²) in [5.41, 5.74) is 3.90. The molecule has 2 aromatic rings. The van der Waals surface area contributed by atoms with Crippen LogP contribution in [0.4, 0.5) is 10.2 Å². The van der Waals surface area contributed by atoms with E-state index in [1.165, 1.54) is 0 Å². The van der Waals surface area contributed by atoms with Crippen molar-refractivity contribution in [2.24, 2.45) is 0 Å². The quantitative estimate of drug-likeness (QED) is 0.0858. The van der Waals surface area contributed by atoms with E-state index < -0.39 is 88.2 Å². The maximum atomic E-state index is 16.2. The van der Waals surface area contributed by atoms with Crippen molar-refractivity contribution in [2.45, 2.75) is 60.5 Å². The number of nitrogens with zero attached hydrogens (tertiary/aromatic N) is 2. The Morgan fingerprint density at radius 2 is 1.93 bits per heavy atom. The summed E-state index contributed by atoms with van der Waals surface area (Å²) in [5.74, 6) is -3.31. The normalized spacial score (nSPS) is 37.8. The number of aliphatic hydroxyl groups excluding tert-OH is 6. The molecule has 2 aromatic heterocycles. The van der Waals surface area contributed by atoms with Crippen LogP contribution in [0.15, 0.2) is 29.7 Å². The molecule has 0 aromatic carbocycles. The average molecular weight is 693 g/mol. The fourth-order valence-electron chi connectivity index (χ4n) is 4.70. The zero-order chi connectivity index (χ0) is 32.8. The number of aromatic nitrogens is 2. The van der Waals surface area contributed by atoms with Gasteiger partial charge in [-0.05, 0) is 11.8 Å². The zero-order valence-electron chi connectivity index (χ0n) is 22.5. The van der Waals surface area contributed by atoms with Gasteiger partial charge in [0.1, 0.15) is 60.7 Å². The Balaban J connectivity index is 1.50. The highest BCUT2D eigenvalue weighted by Gasteiger charge is 2.66. The maximum Gasteiger partial charge on any atom is 0.481 e. The van der Waals surface area contributed by atoms with E-state index in [2.05, 4.69) is 37.2 Å². The predicted molar refractivity (Wildman–Crippen MR) is 144 cm³/mol. The number of nitrogens with two attached hydrogens (primary N) is 1. The van der Waals surface area contributed by atoms with Gasteiger partial charge in [0.05, 0.1) is 12.9 Å². The van der Waals surface area contributed by atoms with Gasteiger partial charge in [-0.25, -0.2) is 23.2 Å². The van der Waals surface area contributed by atoms with Crippen molar-refractivity contribution in [1.82, 2.24) is 9.97 Å². The van der Waals surface area contributed by atoms with E-state index in [0.29, 0.717) is 0 Å². The zero-order valence-corrected chi connectivity index (χ0v) is 25.1. The number of hydrogen-bond donors (Lipinski definition) is 9. The van der Waals surface area contributed by atoms with Crippen LogP contribution < -0.4 is 5.73 Å². The summed E-state index contributed by atoms with van der Waals surface area (Å²) in [5, 5.41) is 59.9. The van der Waals surface area contributed by atoms with E-state index in [4.69, 9.17) is 34.0 Å². The van der Waals surface area contributed by atoms with Gasteiger partial charge < -0.3 is 69.3 Å². The SMILES string of the molecule is C=C[C@]1(OC)[C@H](c2coc3c(N)ncnc23)O[C@](F)(COP(O)(=S)OP(=O)(O)OC2OC([C@@H](O)CO)C(O)C(O)C2O)[C@H]1O. The van der Waals surface area contributed by atoms with Crippen LogP contribution in [0.3, 0.4) is 0 Å². The Labute approximate surface area is 252 Å². The summed E-state index contributed by atoms with van der Waals surface area (Å²) in [4.78, 5) is 28.4. The van der Waals surface area contributed by atoms with Crippen LogP contribution in [-0.4, -0.2) is 125 Å². The van der Waals surface area contributed by atoms with Crippen molar-refractivity contribution in [3.8, 4) is 0 Å². The molecule has 0 saturated carbocycles. The molecule has 19 nitrogen and oxygen atoms in total. The number of anilines is 1. The summed E-state index contributed by atoms with van der Waals surface area (Å²) < 4.78 is 64.0. The minimum absolute atomic E-state index is 0.0199. The van der Waals surface area contributed by atoms with Crippen molar-refractivity contribution in [3.63, 3.8) is 0 Å². The predicted octanol–water partition coefficient (Wildman–Crippen LogP) is -2.00. The Hall–Kier alpha value is -1.59. The lowest BCUT2D eigenvalue weighted by Crippen LogP contribution is -2.61. The highest BCUT2D eigenvalue weighted by atomic mass is 32.5. The van der Waals surface area contributed by atoms with Crippen LogP contribution in [0.2, 0.25) is 0 Å². The smallest absolute Gasteiger partial charge is 0.458 e. The Morgan fingerprint density at radius 3 is 2.55 bits per heavy atom. The van der Waals surface area contributed by atoms with Crippen LogP contribution >= 0.6 is 14.5 Å². The van der Waals surface area contributed by atoms with Gasteiger partial charge >= 0.3 is 14.5 Å². The molecule has 4 heterocycles. The standard InChI is InChI=1S/C21H30FN3O16P2S/c1-3-20(35-2)16(8-5-36-15-10(8)24-7-25-17(15)23)39-21(22,19(20)31)6-37-43(34,44)41-42(32,33)40-18-13(30)11(28)12(29)14(38-18)9(27)4-26/h3,5,7,9,11-14,16,18-19,26-31H,1,4,6H2,2H3,(H,32,33)(H,34,44)(H2,23,24,25)/t9-,11?,12?,13?,14?,16-,18?,19-,20-,21+,43?/m0/s1. The number of ether oxygens (including phenoxy) is 3. The molecular weight excluding hydrogens is 663 g/mol. The number of furan rings is 1. The van der Waals surface area contributed by atoms with E-state index in [-0.39, 0.29) is 22.5 Å². The number of alkyl halides is 1. The molecule has 248 valence electrons. The fourth-order valence-corrected chi connectivity index (χ4v) is 7.78. The summed E-state index contributed by atoms with van der Waals surface area (Å²) in [6.07, 6.45) is -12.7. The van der Waals surface area contributed by atoms with Crippen LogP contribution in [0.5, 0.6) is 0 Å². The minimum atomic E-state index is -5.61. The Morgan fingerprint density at radius 1 is 1.25 bits per heavy atom. The van der Waals surface area contributed by atoms with E-state index in [9.17, 15) is 39.9 Å². The second-order valence-electron chi connectivity index (χ2n) is 9.66. The third kappa shape index (κ3) is 6.48. The van der Waals surface area contributed by atoms with Gasteiger partial charge in [-0.1, -0.05) is 6.08 Å². The van der Waals surface area contributed by atoms with Gasteiger partial charge in [-0.3, -0.25) is 4.52 Å². The molecular formula is C21H30FN3O16P2S. The molecule has 23 heteroatoms. The second kappa shape index (κ2) is 12.9. The third-order valence-electron chi connectivity index (χ3n) is 6.96. The monoisotopic (exact) mass is 693 g/mol. The summed E-state index contributed by atoms with van der Waals surface area (Å²) in [6, 6.07) is 0. The molecule has 0 radical (unpaired) electrons. The third-order valence-corrected chi connectivity index (χ3v) is 10.5. The first-order chi connectivity index (χ1) is 20.5. The summed E-state index contributed by atoms with van der Waals surface area (Å²) >= 11 is 4.68. The number of fused-ring (bicyclic) bond motifs is 1. The lowest BCUT2D eigenvalue weighted by Gasteiger charge is -2.41. The molecule has 0 amide bonds. The van der Waals surface area contributed by atoms with Crippen molar-refractivity contribution in [1.29, 1.82) is 0 Å². The van der Waals surface area contributed by atoms with Crippen molar-refractivity contribution < 1.29 is 81.4 Å². The molecule has 7 unspecified atom stereocenters. The molecule has 10 N–H and O–H groups in total. The van der Waals surface area contributed by atoms with Crippen molar-refractivity contribution >= 4 is 43.3 Å². The topological polar surface area (TPSA) is 299 Å². The van der Waals surface area contributed by atoms with Crippen LogP contribution in [-0.2, 0) is 43.9 Å². The number of nitrogen functional groups attached to an aromatic ring is 1. The summed E-state index contributed by atoms with van der Waals surface area (Å²) in [6.45, 7) is -3.80. The molecule has 2 saturated heterocycles. The number of aliphatic hydroxyl groups is 6. The van der Waals surface area contributed by atoms with Gasteiger partial charge in [0.25, 0.3) is 5.85 Å². The molecule has 2 aliphatic rings. The van der Waals surface area contributed by atoms with Crippen molar-refractivity contribution in [2.75, 3.05) is 26.1 Å². The number of phosphoric ester groups is 1. The van der Waals surface area contributed by atoms with Gasteiger partial charge in [0, 0.05) is 12.7 Å². The van der Waals surface area contributed by atoms with Gasteiger partial charge in [0.15, 0.2) is 23.8 Å². The first-order valence-electron chi connectivity index (χ1n) is 12.4.